The van der Waals surface area contributed by atoms with Crippen LogP contribution in [0.15, 0.2) is 28.7 Å². The van der Waals surface area contributed by atoms with Gasteiger partial charge in [0.05, 0.1) is 0 Å². The molecule has 2 fully saturated rings. The van der Waals surface area contributed by atoms with E-state index >= 15 is 0 Å². The molecule has 1 aromatic carbocycles. The number of halogens is 1. The number of anilines is 1. The largest absolute Gasteiger partial charge is 0.402 e. The molecule has 2 aromatic heterocycles. The molecule has 1 atom stereocenters. The first-order valence-electron chi connectivity index (χ1n) is 9.69. The third kappa shape index (κ3) is 3.02. The molecule has 0 unspecified atom stereocenters. The highest BCUT2D eigenvalue weighted by atomic mass is 19.1. The summed E-state index contributed by atoms with van der Waals surface area (Å²) in [6.45, 7) is 3.44. The number of fused-ring (bicyclic) bond motifs is 1. The van der Waals surface area contributed by atoms with Gasteiger partial charge < -0.3 is 19.6 Å². The van der Waals surface area contributed by atoms with Gasteiger partial charge in [0.1, 0.15) is 17.6 Å². The molecule has 0 bridgehead atoms. The number of benzene rings is 1. The first-order chi connectivity index (χ1) is 13.5. The molecule has 146 valence electrons. The lowest BCUT2D eigenvalue weighted by Gasteiger charge is -2.33. The number of nitrogens with one attached hydrogen (secondary N) is 2. The van der Waals surface area contributed by atoms with Crippen molar-refractivity contribution in [3.63, 3.8) is 0 Å². The van der Waals surface area contributed by atoms with Crippen LogP contribution in [0.25, 0.3) is 22.5 Å². The first-order valence-corrected chi connectivity index (χ1v) is 9.69. The molecule has 1 saturated heterocycles. The number of carbonyl (C=O) groups is 1. The van der Waals surface area contributed by atoms with Gasteiger partial charge in [-0.3, -0.25) is 4.79 Å². The molecule has 1 spiro atoms. The van der Waals surface area contributed by atoms with Crippen LogP contribution in [0.5, 0.6) is 0 Å². The van der Waals surface area contributed by atoms with Gasteiger partial charge in [-0.05, 0) is 56.2 Å². The number of H-pyrrole nitrogens is 1. The molecule has 1 aliphatic carbocycles. The van der Waals surface area contributed by atoms with E-state index in [-0.39, 0.29) is 23.6 Å². The molecule has 0 radical (unpaired) electrons. The fourth-order valence-electron chi connectivity index (χ4n) is 4.02. The Labute approximate surface area is 161 Å². The Hall–Kier alpha value is -2.90. The third-order valence-electron chi connectivity index (χ3n) is 6.07. The zero-order chi connectivity index (χ0) is 19.3. The van der Waals surface area contributed by atoms with Crippen molar-refractivity contribution in [1.29, 1.82) is 0 Å². The van der Waals surface area contributed by atoms with Gasteiger partial charge >= 0.3 is 6.01 Å². The molecule has 7 nitrogen and oxygen atoms in total. The third-order valence-corrected chi connectivity index (χ3v) is 6.07. The van der Waals surface area contributed by atoms with Crippen LogP contribution in [0.2, 0.25) is 0 Å². The Balaban J connectivity index is 1.26. The molecular weight excluding hydrogens is 361 g/mol. The van der Waals surface area contributed by atoms with Crippen LogP contribution in [-0.2, 0) is 4.79 Å². The fourth-order valence-corrected chi connectivity index (χ4v) is 4.02. The molecule has 5 rings (SSSR count). The van der Waals surface area contributed by atoms with Crippen LogP contribution in [0.3, 0.4) is 0 Å². The van der Waals surface area contributed by atoms with Crippen molar-refractivity contribution in [2.45, 2.75) is 38.6 Å². The van der Waals surface area contributed by atoms with E-state index in [0.29, 0.717) is 22.0 Å². The summed E-state index contributed by atoms with van der Waals surface area (Å²) in [5.74, 6) is -0.0269. The average molecular weight is 383 g/mol. The van der Waals surface area contributed by atoms with E-state index in [2.05, 4.69) is 20.5 Å². The molecule has 2 N–H and O–H groups in total. The van der Waals surface area contributed by atoms with Crippen LogP contribution in [-0.4, -0.2) is 45.1 Å². The molecule has 3 aromatic rings. The minimum Gasteiger partial charge on any atom is -0.402 e. The van der Waals surface area contributed by atoms with E-state index in [4.69, 9.17) is 4.42 Å². The van der Waals surface area contributed by atoms with Gasteiger partial charge in [0, 0.05) is 24.0 Å². The highest BCUT2D eigenvalue weighted by molar-refractivity contribution is 5.85. The van der Waals surface area contributed by atoms with Gasteiger partial charge in [-0.1, -0.05) is 11.2 Å². The number of nitrogens with zero attached hydrogens (tertiary/aromatic N) is 3. The standard InChI is InChI=1S/C20H22FN5O2/c1-12(18(27)26-9-7-20(5-6-20)8-10-26)22-19-25-24-17(28-19)16-11-13-14(21)3-2-4-15(13)23-16/h2-4,11-12,23H,5-10H2,1H3,(H,22,25)/t12-/m0/s1. The average Bonchev–Trinajstić information content (AvgIpc) is 3.09. The number of aromatic amines is 1. The van der Waals surface area contributed by atoms with Crippen molar-refractivity contribution >= 4 is 22.8 Å². The van der Waals surface area contributed by atoms with Gasteiger partial charge in [0.15, 0.2) is 0 Å². The number of rotatable bonds is 4. The van der Waals surface area contributed by atoms with Gasteiger partial charge in [0.2, 0.25) is 5.91 Å². The lowest BCUT2D eigenvalue weighted by Crippen LogP contribution is -2.45. The summed E-state index contributed by atoms with van der Waals surface area (Å²) in [5, 5.41) is 11.4. The minimum absolute atomic E-state index is 0.0444. The summed E-state index contributed by atoms with van der Waals surface area (Å²) in [5.41, 5.74) is 1.73. The molecule has 2 aliphatic rings. The van der Waals surface area contributed by atoms with Crippen LogP contribution < -0.4 is 5.32 Å². The van der Waals surface area contributed by atoms with Crippen LogP contribution in [0, 0.1) is 11.2 Å². The maximum Gasteiger partial charge on any atom is 0.316 e. The smallest absolute Gasteiger partial charge is 0.316 e. The second kappa shape index (κ2) is 6.32. The normalized spacial score (nSPS) is 19.1. The van der Waals surface area contributed by atoms with E-state index in [1.165, 1.54) is 18.9 Å². The quantitative estimate of drug-likeness (QED) is 0.719. The second-order valence-corrected chi connectivity index (χ2v) is 7.99. The number of amides is 1. The fraction of sp³-hybridized carbons (Fsp3) is 0.450. The molecule has 8 heteroatoms. The van der Waals surface area contributed by atoms with Gasteiger partial charge in [0.25, 0.3) is 5.89 Å². The van der Waals surface area contributed by atoms with Crippen molar-refractivity contribution in [1.82, 2.24) is 20.1 Å². The SMILES string of the molecule is C[C@H](Nc1nnc(-c2cc3c(F)cccc3[nH]2)o1)C(=O)N1CCC2(CC1)CC2. The lowest BCUT2D eigenvalue weighted by atomic mass is 9.93. The number of piperidine rings is 1. The van der Waals surface area contributed by atoms with Crippen LogP contribution in [0.1, 0.15) is 32.6 Å². The Bertz CT molecular complexity index is 1030. The number of hydrogen-bond donors (Lipinski definition) is 2. The van der Waals surface area contributed by atoms with E-state index in [0.717, 1.165) is 25.9 Å². The van der Waals surface area contributed by atoms with E-state index in [1.807, 2.05) is 4.90 Å². The predicted octanol–water partition coefficient (Wildman–Crippen LogP) is 3.56. The highest BCUT2D eigenvalue weighted by Crippen LogP contribution is 2.53. The maximum absolute atomic E-state index is 13.9. The zero-order valence-electron chi connectivity index (χ0n) is 15.7. The molecule has 1 amide bonds. The molecule has 3 heterocycles. The van der Waals surface area contributed by atoms with Crippen LogP contribution >= 0.6 is 0 Å². The van der Waals surface area contributed by atoms with Gasteiger partial charge in [-0.2, -0.15) is 0 Å². The van der Waals surface area contributed by atoms with Crippen molar-refractivity contribution in [2.24, 2.45) is 5.41 Å². The van der Waals surface area contributed by atoms with Crippen molar-refractivity contribution in [2.75, 3.05) is 18.4 Å². The summed E-state index contributed by atoms with van der Waals surface area (Å²) in [7, 11) is 0. The van der Waals surface area contributed by atoms with Gasteiger partial charge in [-0.25, -0.2) is 4.39 Å². The van der Waals surface area contributed by atoms with E-state index in [9.17, 15) is 9.18 Å². The summed E-state index contributed by atoms with van der Waals surface area (Å²) >= 11 is 0. The van der Waals surface area contributed by atoms with Crippen LogP contribution in [0.4, 0.5) is 10.4 Å². The molecule has 28 heavy (non-hydrogen) atoms. The van der Waals surface area contributed by atoms with Crippen molar-refractivity contribution < 1.29 is 13.6 Å². The second-order valence-electron chi connectivity index (χ2n) is 7.99. The first kappa shape index (κ1) is 17.2. The molecular formula is C20H22FN5O2. The monoisotopic (exact) mass is 383 g/mol. The van der Waals surface area contributed by atoms with E-state index in [1.54, 1.807) is 25.1 Å². The molecule has 1 aliphatic heterocycles. The number of aromatic nitrogens is 3. The highest BCUT2D eigenvalue weighted by Gasteiger charge is 2.45. The summed E-state index contributed by atoms with van der Waals surface area (Å²) in [4.78, 5) is 17.7. The Morgan fingerprint density at radius 1 is 1.29 bits per heavy atom. The maximum atomic E-state index is 13.9. The van der Waals surface area contributed by atoms with Crippen molar-refractivity contribution in [3.8, 4) is 11.6 Å². The number of carbonyl (C=O) groups excluding carboxylic acids is 1. The Morgan fingerprint density at radius 3 is 2.79 bits per heavy atom. The van der Waals surface area contributed by atoms with Gasteiger partial charge in [-0.15, -0.1) is 5.10 Å². The summed E-state index contributed by atoms with van der Waals surface area (Å²) in [6, 6.07) is 6.17. The van der Waals surface area contributed by atoms with Crippen molar-refractivity contribution in [3.05, 3.63) is 30.1 Å². The number of hydrogen-bond acceptors (Lipinski definition) is 5. The Kier molecular flexibility index (Phi) is 3.89. The van der Waals surface area contributed by atoms with E-state index < -0.39 is 6.04 Å². The predicted molar refractivity (Wildman–Crippen MR) is 102 cm³/mol. The summed E-state index contributed by atoms with van der Waals surface area (Å²) in [6.07, 6.45) is 4.83. The summed E-state index contributed by atoms with van der Waals surface area (Å²) < 4.78 is 19.5. The Morgan fingerprint density at radius 2 is 2.07 bits per heavy atom. The number of likely N-dealkylation sites (tertiary alicyclic amines) is 1. The molecule has 1 saturated carbocycles. The lowest BCUT2D eigenvalue weighted by molar-refractivity contribution is -0.133. The zero-order valence-corrected chi connectivity index (χ0v) is 15.7. The minimum atomic E-state index is -0.457. The topological polar surface area (TPSA) is 87.0 Å².